The average Bonchev–Trinajstić information content (AvgIpc) is 1.61. The lowest BCUT2D eigenvalue weighted by Crippen LogP contribution is -2.55. The number of benzene rings is 4. The van der Waals surface area contributed by atoms with Gasteiger partial charge in [-0.3, -0.25) is 92.7 Å². The summed E-state index contributed by atoms with van der Waals surface area (Å²) in [6.45, 7) is 10.2. The van der Waals surface area contributed by atoms with Crippen molar-refractivity contribution >= 4 is 88.0 Å². The first kappa shape index (κ1) is 77.4. The maximum absolute atomic E-state index is 13.3. The van der Waals surface area contributed by atoms with Gasteiger partial charge in [0.05, 0.1) is 47.0 Å². The van der Waals surface area contributed by atoms with Crippen LogP contribution in [0.15, 0.2) is 110 Å². The average molecular weight is 1490 g/mol. The number of aliphatic hydroxyl groups excluding tert-OH is 2. The van der Waals surface area contributed by atoms with Gasteiger partial charge in [0.1, 0.15) is 48.5 Å². The van der Waals surface area contributed by atoms with E-state index in [0.29, 0.717) is 74.7 Å². The molecule has 4 aromatic carbocycles. The molecule has 4 saturated heterocycles. The minimum absolute atomic E-state index is 0.0275. The summed E-state index contributed by atoms with van der Waals surface area (Å²) in [4.78, 5) is 175. The van der Waals surface area contributed by atoms with Crippen molar-refractivity contribution in [1.82, 2.24) is 70.6 Å². The Balaban J connectivity index is 0.000000169. The van der Waals surface area contributed by atoms with E-state index < -0.39 is 84.1 Å². The monoisotopic (exact) mass is 1490 g/mol. The third-order valence-corrected chi connectivity index (χ3v) is 20.3. The Morgan fingerprint density at radius 3 is 1.68 bits per heavy atom. The molecule has 0 aliphatic carbocycles. The zero-order valence-corrected chi connectivity index (χ0v) is 60.0. The number of amides is 10. The fraction of sp³-hybridized carbons (Fsp3) is 0.421. The zero-order chi connectivity index (χ0) is 76.8. The van der Waals surface area contributed by atoms with E-state index in [4.69, 9.17) is 10.8 Å². The lowest BCUT2D eigenvalue weighted by molar-refractivity contribution is -0.137. The normalized spacial score (nSPS) is 19.2. The number of carbonyl (C=O) groups excluding carboxylic acids is 11. The number of anilines is 3. The summed E-state index contributed by atoms with van der Waals surface area (Å²) in [5.74, 6) is -5.67. The number of carboxylic acids is 1. The Morgan fingerprint density at radius 2 is 1.11 bits per heavy atom. The van der Waals surface area contributed by atoms with Gasteiger partial charge >= 0.3 is 5.97 Å². The van der Waals surface area contributed by atoms with Gasteiger partial charge in [-0.1, -0.05) is 60.7 Å². The molecule has 33 heteroatoms. The van der Waals surface area contributed by atoms with Crippen LogP contribution in [0.1, 0.15) is 129 Å². The number of imide groups is 4. The van der Waals surface area contributed by atoms with E-state index in [1.807, 2.05) is 12.1 Å². The molecule has 4 atom stereocenters. The molecule has 109 heavy (non-hydrogen) atoms. The quantitative estimate of drug-likeness (QED) is 0.0231. The summed E-state index contributed by atoms with van der Waals surface area (Å²) in [5.41, 5.74) is 13.2. The fourth-order valence-corrected chi connectivity index (χ4v) is 14.7. The molecule has 572 valence electrons. The molecular formula is C76H88N18O15. The molecule has 8 aliphatic heterocycles. The van der Waals surface area contributed by atoms with Crippen LogP contribution >= 0.6 is 0 Å². The van der Waals surface area contributed by atoms with Crippen LogP contribution in [-0.2, 0) is 61.1 Å². The molecule has 10 heterocycles. The Morgan fingerprint density at radius 1 is 0.569 bits per heavy atom. The summed E-state index contributed by atoms with van der Waals surface area (Å²) in [7, 11) is 0. The number of likely N-dealkylation sites (tertiary alicyclic amines) is 2. The standard InChI is InChI=1S/C38H43N9O7.C23H32N6O2.C15H13N3O6/c48-27(21-45-12-10-24-4-1-2-5-25(24)20-45)16-41-35(51)30-15-26(42-22-43-30)14-23-18-46(19-23)13-11-39-33(50)17-40-29-7-3-6-28-34(29)38(54)47(37(28)53)31-8-9-32(49)44-36(31)52;24-8-10-29-13-19(14-29)27-23-11-21(25-16-26-23)22(31)6-5-20(30)15-28-9-7-17-3-1-2-4-18(17)12-28;19-10-5-4-9(13(22)17-10)18-14(23)7-2-1-3-8(12(7)15(18)24)16-6-11(20)21/h1-7,15,22-23,27,31,40,48H,8-14,16-21H2,(H,39,50)(H,41,51)(H,44,49,52);1-4,11,16,19-20,30H,5-10,12-15,24H2,(H,25,26,27);1-3,9,16H,4-6H2,(H,20,21)(H,17,19,22)/t27-,31?;20-;/m00./s1. The maximum Gasteiger partial charge on any atom is 0.322 e. The van der Waals surface area contributed by atoms with Crippen molar-refractivity contribution in [1.29, 1.82) is 0 Å². The van der Waals surface area contributed by atoms with Crippen LogP contribution in [0, 0.1) is 5.92 Å². The van der Waals surface area contributed by atoms with Gasteiger partial charge < -0.3 is 52.5 Å². The third-order valence-electron chi connectivity index (χ3n) is 20.3. The number of hydrogen-bond donors (Lipinski definition) is 11. The van der Waals surface area contributed by atoms with Crippen molar-refractivity contribution < 1.29 is 72.9 Å². The first-order chi connectivity index (χ1) is 52.6. The van der Waals surface area contributed by atoms with E-state index in [1.165, 1.54) is 59.2 Å². The molecule has 33 nitrogen and oxygen atoms in total. The molecule has 4 fully saturated rings. The number of ketones is 1. The van der Waals surface area contributed by atoms with Gasteiger partial charge in [-0.25, -0.2) is 19.9 Å². The summed E-state index contributed by atoms with van der Waals surface area (Å²) >= 11 is 0. The van der Waals surface area contributed by atoms with Gasteiger partial charge in [0.25, 0.3) is 29.5 Å². The minimum Gasteiger partial charge on any atom is -0.480 e. The van der Waals surface area contributed by atoms with Crippen LogP contribution in [0.5, 0.6) is 0 Å². The van der Waals surface area contributed by atoms with Gasteiger partial charge in [0.2, 0.25) is 29.5 Å². The van der Waals surface area contributed by atoms with E-state index in [2.05, 4.69) is 113 Å². The van der Waals surface area contributed by atoms with Crippen LogP contribution < -0.4 is 43.0 Å². The Hall–Kier alpha value is -11.2. The number of carbonyl (C=O) groups is 12. The molecule has 14 rings (SSSR count). The predicted molar refractivity (Wildman–Crippen MR) is 393 cm³/mol. The number of hydrogen-bond acceptors (Lipinski definition) is 26. The maximum atomic E-state index is 13.3. The number of aliphatic carboxylic acids is 1. The van der Waals surface area contributed by atoms with E-state index in [1.54, 1.807) is 24.3 Å². The van der Waals surface area contributed by atoms with Crippen molar-refractivity contribution in [2.45, 2.75) is 101 Å². The summed E-state index contributed by atoms with van der Waals surface area (Å²) in [6.07, 6.45) is 5.09. The highest BCUT2D eigenvalue weighted by Gasteiger charge is 2.47. The topological polar surface area (TPSA) is 447 Å². The van der Waals surface area contributed by atoms with Crippen molar-refractivity contribution in [3.8, 4) is 0 Å². The Labute approximate surface area is 627 Å². The third kappa shape index (κ3) is 19.4. The van der Waals surface area contributed by atoms with Crippen LogP contribution in [-0.4, -0.2) is 264 Å². The second kappa shape index (κ2) is 35.7. The summed E-state index contributed by atoms with van der Waals surface area (Å²) < 4.78 is 0. The van der Waals surface area contributed by atoms with E-state index in [0.717, 1.165) is 87.2 Å². The van der Waals surface area contributed by atoms with E-state index in [-0.39, 0.29) is 96.4 Å². The van der Waals surface area contributed by atoms with Crippen LogP contribution in [0.25, 0.3) is 0 Å². The molecule has 10 amide bonds. The molecule has 6 aromatic rings. The fourth-order valence-electron chi connectivity index (χ4n) is 14.7. The highest BCUT2D eigenvalue weighted by molar-refractivity contribution is 6.26. The van der Waals surface area contributed by atoms with Crippen molar-refractivity contribution in [2.75, 3.05) is 114 Å². The van der Waals surface area contributed by atoms with Gasteiger partial charge in [-0.05, 0) is 97.0 Å². The smallest absolute Gasteiger partial charge is 0.322 e. The number of nitrogens with two attached hydrogens (primary N) is 1. The number of rotatable bonds is 28. The molecular weight excluding hydrogens is 1400 g/mol. The van der Waals surface area contributed by atoms with Gasteiger partial charge in [0.15, 0.2) is 5.78 Å². The number of nitrogens with one attached hydrogen (secondary N) is 7. The van der Waals surface area contributed by atoms with Crippen LogP contribution in [0.2, 0.25) is 0 Å². The van der Waals surface area contributed by atoms with Crippen molar-refractivity contribution in [2.24, 2.45) is 11.7 Å². The SMILES string of the molecule is NCCN1CC(Nc2cc(C(=O)CC[C@H](O)CN3CCc4ccccc4C3)ncn2)C1.O=C(CNc1cccc2c1C(=O)N(C1CCC(=O)NC1=O)C2=O)NCCN1CC(Cc2cc(C(=O)NC[C@H](O)CN3CCc4ccccc4C3)ncn2)C1.O=C(O)CNc1cccc2c1C(=O)N(C1CCC(=O)NC1=O)C2=O. The lowest BCUT2D eigenvalue weighted by Gasteiger charge is -2.39. The van der Waals surface area contributed by atoms with Crippen molar-refractivity contribution in [3.05, 3.63) is 171 Å². The second-order valence-electron chi connectivity index (χ2n) is 28.2. The highest BCUT2D eigenvalue weighted by Crippen LogP contribution is 2.35. The van der Waals surface area contributed by atoms with Gasteiger partial charge in [0, 0.05) is 141 Å². The number of piperidine rings is 2. The first-order valence-electron chi connectivity index (χ1n) is 36.6. The lowest BCUT2D eigenvalue weighted by atomic mass is 9.94. The van der Waals surface area contributed by atoms with Crippen LogP contribution in [0.4, 0.5) is 17.2 Å². The van der Waals surface area contributed by atoms with Gasteiger partial charge in [-0.2, -0.15) is 0 Å². The van der Waals surface area contributed by atoms with Gasteiger partial charge in [-0.15, -0.1) is 0 Å². The highest BCUT2D eigenvalue weighted by atomic mass is 16.4. The number of Topliss-reactive ketones (excluding diaryl/α,β-unsaturated/α-hetero) is 1. The Bertz CT molecular complexity index is 4470. The van der Waals surface area contributed by atoms with Crippen LogP contribution in [0.3, 0.4) is 0 Å². The summed E-state index contributed by atoms with van der Waals surface area (Å²) in [5, 5.41) is 48.6. The predicted octanol–water partition coefficient (Wildman–Crippen LogP) is 0.227. The second-order valence-corrected chi connectivity index (χ2v) is 28.2. The van der Waals surface area contributed by atoms with E-state index >= 15 is 0 Å². The molecule has 8 aliphatic rings. The number of carboxylic acid groups (broad SMARTS) is 1. The van der Waals surface area contributed by atoms with E-state index in [9.17, 15) is 67.7 Å². The number of nitrogens with zero attached hydrogens (tertiary/aromatic N) is 10. The molecule has 0 spiro atoms. The molecule has 2 unspecified atom stereocenters. The minimum atomic E-state index is -1.12. The summed E-state index contributed by atoms with van der Waals surface area (Å²) in [6, 6.07) is 27.5. The Kier molecular flexibility index (Phi) is 25.3. The number of fused-ring (bicyclic) bond motifs is 4. The molecule has 12 N–H and O–H groups in total. The number of aliphatic hydroxyl groups is 2. The molecule has 0 bridgehead atoms. The number of aromatic nitrogens is 4. The van der Waals surface area contributed by atoms with Crippen molar-refractivity contribution in [3.63, 3.8) is 0 Å². The number of β-amino-alcohol motifs (C(OH)–C–C–N with tert-alkyl or cyclic N) is 2. The molecule has 0 saturated carbocycles. The molecule has 0 radical (unpaired) electrons. The first-order valence-corrected chi connectivity index (χ1v) is 36.6. The molecule has 2 aromatic heterocycles. The largest absolute Gasteiger partial charge is 0.480 e. The zero-order valence-electron chi connectivity index (χ0n) is 60.0.